The lowest BCUT2D eigenvalue weighted by Gasteiger charge is -2.19. The lowest BCUT2D eigenvalue weighted by molar-refractivity contribution is -0.137. The van der Waals surface area contributed by atoms with E-state index in [0.29, 0.717) is 10.6 Å². The third kappa shape index (κ3) is 3.96. The normalized spacial score (nSPS) is 10.6. The highest BCUT2D eigenvalue weighted by atomic mass is 32.1. The van der Waals surface area contributed by atoms with Gasteiger partial charge in [-0.15, -0.1) is 11.3 Å². The van der Waals surface area contributed by atoms with Crippen LogP contribution in [-0.4, -0.2) is 48.7 Å². The molecule has 0 atom stereocenters. The summed E-state index contributed by atoms with van der Waals surface area (Å²) in [5.41, 5.74) is 0. The van der Waals surface area contributed by atoms with Crippen molar-refractivity contribution in [1.29, 1.82) is 0 Å². The number of aryl methyl sites for hydroxylation is 1. The zero-order chi connectivity index (χ0) is 16.1. The summed E-state index contributed by atoms with van der Waals surface area (Å²) in [6.45, 7) is 2.02. The number of methoxy groups -OCH3 is 1. The molecule has 0 unspecified atom stereocenters. The van der Waals surface area contributed by atoms with Crippen molar-refractivity contribution >= 4 is 23.2 Å². The highest BCUT2D eigenvalue weighted by Crippen LogP contribution is 2.30. The Kier molecular flexibility index (Phi) is 5.35. The van der Waals surface area contributed by atoms with Crippen LogP contribution in [0.1, 0.15) is 15.4 Å². The van der Waals surface area contributed by atoms with E-state index >= 15 is 0 Å². The Morgan fingerprint density at radius 3 is 2.68 bits per heavy atom. The smallest absolute Gasteiger partial charge is 0.323 e. The zero-order valence-electron chi connectivity index (χ0n) is 12.4. The van der Waals surface area contributed by atoms with Crippen molar-refractivity contribution in [3.05, 3.63) is 34.9 Å². The van der Waals surface area contributed by atoms with Gasteiger partial charge in [0.15, 0.2) is 0 Å². The Balaban J connectivity index is 2.16. The average molecular weight is 323 g/mol. The number of furan rings is 1. The van der Waals surface area contributed by atoms with Crippen molar-refractivity contribution in [1.82, 2.24) is 4.90 Å². The predicted molar refractivity (Wildman–Crippen MR) is 82.2 cm³/mol. The van der Waals surface area contributed by atoms with Gasteiger partial charge in [-0.2, -0.15) is 0 Å². The van der Waals surface area contributed by atoms with Crippen molar-refractivity contribution in [3.63, 3.8) is 0 Å². The molecule has 0 aliphatic rings. The molecule has 2 rings (SSSR count). The molecular weight excluding hydrogens is 306 g/mol. The van der Waals surface area contributed by atoms with E-state index in [4.69, 9.17) is 14.3 Å². The van der Waals surface area contributed by atoms with Gasteiger partial charge in [0.25, 0.3) is 5.91 Å². The fourth-order valence-corrected chi connectivity index (χ4v) is 2.86. The minimum absolute atomic E-state index is 0.231. The molecule has 6 nitrogen and oxygen atoms in total. The fourth-order valence-electron chi connectivity index (χ4n) is 1.93. The first-order valence-corrected chi connectivity index (χ1v) is 7.49. The summed E-state index contributed by atoms with van der Waals surface area (Å²) in [4.78, 5) is 25.9. The number of carbonyl (C=O) groups is 2. The molecule has 1 amide bonds. The molecule has 22 heavy (non-hydrogen) atoms. The molecule has 0 saturated heterocycles. The number of carbonyl (C=O) groups excluding carboxylic acids is 1. The molecule has 0 radical (unpaired) electrons. The van der Waals surface area contributed by atoms with Gasteiger partial charge in [-0.25, -0.2) is 0 Å². The highest BCUT2D eigenvalue weighted by Gasteiger charge is 2.20. The van der Waals surface area contributed by atoms with Gasteiger partial charge in [-0.3, -0.25) is 9.59 Å². The second-order valence-corrected chi connectivity index (χ2v) is 5.77. The summed E-state index contributed by atoms with van der Waals surface area (Å²) in [5.74, 6) is 0.119. The van der Waals surface area contributed by atoms with Gasteiger partial charge in [0.05, 0.1) is 16.4 Å². The van der Waals surface area contributed by atoms with Crippen LogP contribution in [0.2, 0.25) is 0 Å². The van der Waals surface area contributed by atoms with Gasteiger partial charge >= 0.3 is 5.97 Å². The number of rotatable bonds is 7. The van der Waals surface area contributed by atoms with Crippen LogP contribution in [-0.2, 0) is 9.53 Å². The van der Waals surface area contributed by atoms with E-state index in [1.165, 1.54) is 23.3 Å². The summed E-state index contributed by atoms with van der Waals surface area (Å²) in [6.07, 6.45) is 0. The molecule has 0 spiro atoms. The van der Waals surface area contributed by atoms with Crippen molar-refractivity contribution in [3.8, 4) is 10.6 Å². The molecule has 2 heterocycles. The van der Waals surface area contributed by atoms with Crippen molar-refractivity contribution in [2.45, 2.75) is 6.92 Å². The largest absolute Gasteiger partial charge is 0.480 e. The Hall–Kier alpha value is -2.12. The van der Waals surface area contributed by atoms with Gasteiger partial charge in [0, 0.05) is 13.7 Å². The van der Waals surface area contributed by atoms with Crippen LogP contribution in [0.15, 0.2) is 28.7 Å². The molecule has 7 heteroatoms. The maximum Gasteiger partial charge on any atom is 0.323 e. The Morgan fingerprint density at radius 1 is 1.32 bits per heavy atom. The Morgan fingerprint density at radius 2 is 2.09 bits per heavy atom. The van der Waals surface area contributed by atoms with E-state index in [-0.39, 0.29) is 25.6 Å². The average Bonchev–Trinajstić information content (AvgIpc) is 3.10. The second kappa shape index (κ2) is 7.24. The van der Waals surface area contributed by atoms with E-state index in [0.717, 1.165) is 10.6 Å². The van der Waals surface area contributed by atoms with Crippen LogP contribution in [0.5, 0.6) is 0 Å². The summed E-state index contributed by atoms with van der Waals surface area (Å²) >= 11 is 1.28. The monoisotopic (exact) mass is 323 g/mol. The molecule has 0 aliphatic heterocycles. The number of hydrogen-bond acceptors (Lipinski definition) is 5. The number of thiophene rings is 1. The number of ether oxygens (including phenoxy) is 1. The minimum Gasteiger partial charge on any atom is -0.480 e. The quantitative estimate of drug-likeness (QED) is 0.847. The molecule has 0 fully saturated rings. The van der Waals surface area contributed by atoms with Gasteiger partial charge in [-0.1, -0.05) is 0 Å². The summed E-state index contributed by atoms with van der Waals surface area (Å²) in [7, 11) is 1.51. The minimum atomic E-state index is -1.05. The van der Waals surface area contributed by atoms with Crippen molar-refractivity contribution < 1.29 is 23.8 Å². The number of aliphatic carboxylic acids is 1. The fraction of sp³-hybridized carbons (Fsp3) is 0.333. The van der Waals surface area contributed by atoms with E-state index in [2.05, 4.69) is 0 Å². The lowest BCUT2D eigenvalue weighted by atomic mass is 10.3. The zero-order valence-corrected chi connectivity index (χ0v) is 13.2. The van der Waals surface area contributed by atoms with Crippen LogP contribution in [0.25, 0.3) is 10.6 Å². The van der Waals surface area contributed by atoms with Gasteiger partial charge in [0.1, 0.15) is 18.1 Å². The molecule has 0 aromatic carbocycles. The Labute approximate surface area is 131 Å². The Bertz CT molecular complexity index is 660. The SMILES string of the molecule is COCCN(CC(=O)O)C(=O)c1ccc(-c2ccc(C)o2)s1. The van der Waals surface area contributed by atoms with Crippen molar-refractivity contribution in [2.75, 3.05) is 26.8 Å². The molecule has 2 aromatic heterocycles. The maximum atomic E-state index is 12.4. The number of hydrogen-bond donors (Lipinski definition) is 1. The third-order valence-corrected chi connectivity index (χ3v) is 4.07. The summed E-state index contributed by atoms with van der Waals surface area (Å²) < 4.78 is 10.4. The topological polar surface area (TPSA) is 80.0 Å². The first-order chi connectivity index (χ1) is 10.5. The number of nitrogens with zero attached hydrogens (tertiary/aromatic N) is 1. The van der Waals surface area contributed by atoms with Crippen LogP contribution in [0.4, 0.5) is 0 Å². The summed E-state index contributed by atoms with van der Waals surface area (Å²) in [6, 6.07) is 7.18. The summed E-state index contributed by atoms with van der Waals surface area (Å²) in [5, 5.41) is 8.92. The number of amides is 1. The van der Waals surface area contributed by atoms with Crippen LogP contribution < -0.4 is 0 Å². The molecular formula is C15H17NO5S. The first kappa shape index (κ1) is 16.3. The standard InChI is InChI=1S/C15H17NO5S/c1-10-3-4-11(21-10)12-5-6-13(22-12)15(19)16(7-8-20-2)9-14(17)18/h3-6H,7-9H2,1-2H3,(H,17,18). The van der Waals surface area contributed by atoms with Crippen LogP contribution in [0, 0.1) is 6.92 Å². The van der Waals surface area contributed by atoms with E-state index in [1.54, 1.807) is 12.1 Å². The van der Waals surface area contributed by atoms with E-state index in [1.807, 2.05) is 19.1 Å². The molecule has 1 N–H and O–H groups in total. The number of carboxylic acid groups (broad SMARTS) is 1. The molecule has 0 saturated carbocycles. The molecule has 118 valence electrons. The van der Waals surface area contributed by atoms with Gasteiger partial charge in [-0.05, 0) is 31.2 Å². The van der Waals surface area contributed by atoms with Crippen molar-refractivity contribution in [2.24, 2.45) is 0 Å². The highest BCUT2D eigenvalue weighted by molar-refractivity contribution is 7.17. The van der Waals surface area contributed by atoms with E-state index in [9.17, 15) is 9.59 Å². The first-order valence-electron chi connectivity index (χ1n) is 6.68. The van der Waals surface area contributed by atoms with E-state index < -0.39 is 5.97 Å². The number of carboxylic acids is 1. The molecule has 0 aliphatic carbocycles. The predicted octanol–water partition coefficient (Wildman–Crippen LogP) is 2.49. The van der Waals surface area contributed by atoms with Crippen LogP contribution >= 0.6 is 11.3 Å². The maximum absolute atomic E-state index is 12.4. The lowest BCUT2D eigenvalue weighted by Crippen LogP contribution is -2.37. The second-order valence-electron chi connectivity index (χ2n) is 4.69. The molecule has 0 bridgehead atoms. The van der Waals surface area contributed by atoms with Crippen LogP contribution in [0.3, 0.4) is 0 Å². The van der Waals surface area contributed by atoms with Gasteiger partial charge < -0.3 is 19.2 Å². The molecule has 2 aromatic rings. The third-order valence-electron chi connectivity index (χ3n) is 2.98. The van der Waals surface area contributed by atoms with Gasteiger partial charge in [0.2, 0.25) is 0 Å².